The maximum atomic E-state index is 11.7. The molecule has 4 heteroatoms. The number of allylic oxidation sites excluding steroid dienone is 1. The van der Waals surface area contributed by atoms with Crippen LogP contribution in [0, 0.1) is 0 Å². The van der Waals surface area contributed by atoms with Crippen LogP contribution in [0.3, 0.4) is 0 Å². The van der Waals surface area contributed by atoms with E-state index in [0.29, 0.717) is 0 Å². The van der Waals surface area contributed by atoms with Crippen LogP contribution in [-0.4, -0.2) is 9.97 Å². The molecule has 0 radical (unpaired) electrons. The second kappa shape index (κ2) is 5.82. The molecule has 2 N–H and O–H groups in total. The van der Waals surface area contributed by atoms with Crippen molar-refractivity contribution in [2.75, 3.05) is 0 Å². The number of nitrogens with one attached hydrogen (secondary N) is 2. The van der Waals surface area contributed by atoms with Crippen molar-refractivity contribution in [1.29, 1.82) is 0 Å². The van der Waals surface area contributed by atoms with Gasteiger partial charge in [-0.15, -0.1) is 0 Å². The van der Waals surface area contributed by atoms with Crippen molar-refractivity contribution in [3.63, 3.8) is 0 Å². The summed E-state index contributed by atoms with van der Waals surface area (Å²) < 4.78 is 0. The lowest BCUT2D eigenvalue weighted by atomic mass is 10.2. The fourth-order valence-corrected chi connectivity index (χ4v) is 1.63. The Morgan fingerprint density at radius 1 is 0.947 bits per heavy atom. The molecule has 2 rings (SSSR count). The molecule has 1 aromatic carbocycles. The van der Waals surface area contributed by atoms with Gasteiger partial charge in [0, 0.05) is 0 Å². The van der Waals surface area contributed by atoms with E-state index < -0.39 is 0 Å². The predicted octanol–water partition coefficient (Wildman–Crippen LogP) is 0.357. The molecule has 0 unspecified atom stereocenters. The van der Waals surface area contributed by atoms with Gasteiger partial charge in [-0.05, 0) is 18.6 Å². The van der Waals surface area contributed by atoms with Gasteiger partial charge in [-0.2, -0.15) is 0 Å². The second-order valence-electron chi connectivity index (χ2n) is 3.96. The van der Waals surface area contributed by atoms with Crippen LogP contribution in [-0.2, 0) is 0 Å². The minimum atomic E-state index is -0.314. The van der Waals surface area contributed by atoms with E-state index >= 15 is 0 Å². The number of H-pyrrole nitrogens is 2. The third kappa shape index (κ3) is 3.19. The summed E-state index contributed by atoms with van der Waals surface area (Å²) in [7, 11) is 0. The molecule has 0 spiro atoms. The lowest BCUT2D eigenvalue weighted by Crippen LogP contribution is -2.46. The molecule has 0 saturated heterocycles. The van der Waals surface area contributed by atoms with Crippen LogP contribution >= 0.6 is 0 Å². The molecule has 1 heterocycles. The Kier molecular flexibility index (Phi) is 3.93. The third-order valence-electron chi connectivity index (χ3n) is 2.63. The van der Waals surface area contributed by atoms with Crippen molar-refractivity contribution in [3.8, 4) is 0 Å². The standard InChI is InChI=1S/C15H14N2O2/c1-2-12-14(18)17-13(15(19)16-12)10-6-9-11-7-4-3-5-8-11/h2-10H,1H3,(H,16,19)(H,17,18)/b9-6+,12-2-,13-10-. The van der Waals surface area contributed by atoms with Crippen LogP contribution in [0.2, 0.25) is 0 Å². The zero-order valence-electron chi connectivity index (χ0n) is 10.5. The summed E-state index contributed by atoms with van der Waals surface area (Å²) >= 11 is 0. The number of aromatic nitrogens is 2. The molecule has 0 aliphatic carbocycles. The predicted molar refractivity (Wildman–Crippen MR) is 77.0 cm³/mol. The highest BCUT2D eigenvalue weighted by Crippen LogP contribution is 2.00. The van der Waals surface area contributed by atoms with Gasteiger partial charge in [-0.1, -0.05) is 48.6 Å². The maximum Gasteiger partial charge on any atom is 0.272 e. The molecule has 2 aromatic rings. The van der Waals surface area contributed by atoms with Gasteiger partial charge in [0.15, 0.2) is 0 Å². The lowest BCUT2D eigenvalue weighted by molar-refractivity contribution is 1.00. The summed E-state index contributed by atoms with van der Waals surface area (Å²) in [6.07, 6.45) is 6.72. The third-order valence-corrected chi connectivity index (χ3v) is 2.63. The molecule has 0 saturated carbocycles. The molecular formula is C15H14N2O2. The van der Waals surface area contributed by atoms with E-state index in [1.807, 2.05) is 36.4 Å². The summed E-state index contributed by atoms with van der Waals surface area (Å²) in [5.41, 5.74) is 0.405. The first-order chi connectivity index (χ1) is 9.20. The van der Waals surface area contributed by atoms with Crippen LogP contribution in [0.5, 0.6) is 0 Å². The highest BCUT2D eigenvalue weighted by atomic mass is 16.1. The van der Waals surface area contributed by atoms with Crippen LogP contribution in [0.25, 0.3) is 18.2 Å². The number of rotatable bonds is 2. The van der Waals surface area contributed by atoms with Crippen molar-refractivity contribution in [3.05, 3.63) is 73.4 Å². The highest BCUT2D eigenvalue weighted by molar-refractivity contribution is 5.56. The average Bonchev–Trinajstić information content (AvgIpc) is 2.43. The number of hydrogen-bond acceptors (Lipinski definition) is 2. The van der Waals surface area contributed by atoms with E-state index in [1.54, 1.807) is 25.2 Å². The first-order valence-corrected chi connectivity index (χ1v) is 5.93. The summed E-state index contributed by atoms with van der Waals surface area (Å²) in [5, 5.41) is 0.511. The maximum absolute atomic E-state index is 11.7. The zero-order chi connectivity index (χ0) is 13.7. The van der Waals surface area contributed by atoms with Gasteiger partial charge in [0.2, 0.25) is 0 Å². The van der Waals surface area contributed by atoms with E-state index in [2.05, 4.69) is 9.97 Å². The summed E-state index contributed by atoms with van der Waals surface area (Å²) in [6, 6.07) is 9.70. The fraction of sp³-hybridized carbons (Fsp3) is 0.0667. The van der Waals surface area contributed by atoms with Crippen molar-refractivity contribution in [2.45, 2.75) is 6.92 Å². The number of aromatic amines is 2. The van der Waals surface area contributed by atoms with Crippen molar-refractivity contribution in [1.82, 2.24) is 9.97 Å². The van der Waals surface area contributed by atoms with Gasteiger partial charge in [0.1, 0.15) is 10.7 Å². The Morgan fingerprint density at radius 3 is 2.26 bits per heavy atom. The molecular weight excluding hydrogens is 240 g/mol. The molecule has 0 bridgehead atoms. The van der Waals surface area contributed by atoms with Gasteiger partial charge in [-0.25, -0.2) is 0 Å². The Labute approximate surface area is 109 Å². The van der Waals surface area contributed by atoms with Crippen molar-refractivity contribution in [2.24, 2.45) is 0 Å². The summed E-state index contributed by atoms with van der Waals surface area (Å²) in [4.78, 5) is 28.3. The monoisotopic (exact) mass is 254 g/mol. The van der Waals surface area contributed by atoms with Gasteiger partial charge in [-0.3, -0.25) is 9.59 Å². The Balaban J connectivity index is 2.41. The topological polar surface area (TPSA) is 65.7 Å². The Bertz CT molecular complexity index is 812. The molecule has 96 valence electrons. The van der Waals surface area contributed by atoms with Crippen LogP contribution in [0.15, 0.2) is 46.0 Å². The summed E-state index contributed by atoms with van der Waals surface area (Å²) in [5.74, 6) is 0. The highest BCUT2D eigenvalue weighted by Gasteiger charge is 1.92. The van der Waals surface area contributed by atoms with Gasteiger partial charge < -0.3 is 9.97 Å². The largest absolute Gasteiger partial charge is 0.316 e. The van der Waals surface area contributed by atoms with E-state index in [9.17, 15) is 9.59 Å². The van der Waals surface area contributed by atoms with Crippen LogP contribution in [0.4, 0.5) is 0 Å². The van der Waals surface area contributed by atoms with Crippen LogP contribution < -0.4 is 21.8 Å². The van der Waals surface area contributed by atoms with E-state index in [0.717, 1.165) is 5.56 Å². The van der Waals surface area contributed by atoms with E-state index in [-0.39, 0.29) is 21.8 Å². The smallest absolute Gasteiger partial charge is 0.272 e. The molecule has 1 aromatic heterocycles. The number of benzene rings is 1. The zero-order valence-corrected chi connectivity index (χ0v) is 10.5. The molecule has 0 amide bonds. The van der Waals surface area contributed by atoms with E-state index in [1.165, 1.54) is 0 Å². The lowest BCUT2D eigenvalue weighted by Gasteiger charge is -1.89. The molecule has 19 heavy (non-hydrogen) atoms. The minimum Gasteiger partial charge on any atom is -0.316 e. The molecule has 0 fully saturated rings. The van der Waals surface area contributed by atoms with Gasteiger partial charge in [0.05, 0.1) is 0 Å². The van der Waals surface area contributed by atoms with Gasteiger partial charge >= 0.3 is 0 Å². The first-order valence-electron chi connectivity index (χ1n) is 5.93. The average molecular weight is 254 g/mol. The second-order valence-corrected chi connectivity index (χ2v) is 3.96. The molecule has 0 aliphatic heterocycles. The fourth-order valence-electron chi connectivity index (χ4n) is 1.63. The minimum absolute atomic E-state index is 0.239. The van der Waals surface area contributed by atoms with E-state index in [4.69, 9.17) is 0 Å². The SMILES string of the molecule is C/C=c1\[nH]c(=O)/c(=C/C=C/c2ccccc2)[nH]c1=O. The summed E-state index contributed by atoms with van der Waals surface area (Å²) in [6.45, 7) is 1.69. The Hall–Kier alpha value is -2.62. The van der Waals surface area contributed by atoms with Crippen molar-refractivity contribution >= 4 is 18.2 Å². The Morgan fingerprint density at radius 2 is 1.58 bits per heavy atom. The normalized spacial score (nSPS) is 13.3. The quantitative estimate of drug-likeness (QED) is 0.812. The van der Waals surface area contributed by atoms with Crippen LogP contribution in [0.1, 0.15) is 12.5 Å². The molecule has 0 atom stereocenters. The number of hydrogen-bond donors (Lipinski definition) is 2. The molecule has 4 nitrogen and oxygen atoms in total. The van der Waals surface area contributed by atoms with Gasteiger partial charge in [0.25, 0.3) is 11.1 Å². The molecule has 0 aliphatic rings. The first kappa shape index (κ1) is 12.8. The van der Waals surface area contributed by atoms with Crippen molar-refractivity contribution < 1.29 is 0 Å².